The number of nitrogens with one attached hydrogen (secondary N) is 2. The molecule has 1 aromatic carbocycles. The van der Waals surface area contributed by atoms with E-state index in [1.807, 2.05) is 0 Å². The van der Waals surface area contributed by atoms with Crippen molar-refractivity contribution in [1.29, 1.82) is 0 Å². The number of aromatic nitrogens is 1. The van der Waals surface area contributed by atoms with Crippen molar-refractivity contribution in [2.45, 2.75) is 17.7 Å². The second-order valence-electron chi connectivity index (χ2n) is 6.97. The molecule has 0 spiro atoms. The third-order valence-electron chi connectivity index (χ3n) is 4.95. The van der Waals surface area contributed by atoms with Crippen LogP contribution in [0, 0.1) is 16.0 Å². The summed E-state index contributed by atoms with van der Waals surface area (Å²) in [5, 5.41) is 15.7. The van der Waals surface area contributed by atoms with Crippen molar-refractivity contribution in [1.82, 2.24) is 14.6 Å². The first kappa shape index (κ1) is 22.3. The highest BCUT2D eigenvalue weighted by atomic mass is 32.2. The minimum atomic E-state index is -3.61. The lowest BCUT2D eigenvalue weighted by molar-refractivity contribution is -0.383. The van der Waals surface area contributed by atoms with E-state index in [1.165, 1.54) is 47.0 Å². The summed E-state index contributed by atoms with van der Waals surface area (Å²) in [4.78, 5) is 38.5. The second kappa shape index (κ2) is 9.62. The fourth-order valence-electron chi connectivity index (χ4n) is 3.24. The number of anilines is 1. The van der Waals surface area contributed by atoms with Crippen LogP contribution < -0.4 is 10.6 Å². The van der Waals surface area contributed by atoms with Crippen LogP contribution in [0.2, 0.25) is 0 Å². The highest BCUT2D eigenvalue weighted by molar-refractivity contribution is 7.89. The van der Waals surface area contributed by atoms with Crippen molar-refractivity contribution in [3.63, 3.8) is 0 Å². The molecule has 0 atom stereocenters. The van der Waals surface area contributed by atoms with Gasteiger partial charge in [0.15, 0.2) is 0 Å². The van der Waals surface area contributed by atoms with Gasteiger partial charge in [0, 0.05) is 38.1 Å². The smallest absolute Gasteiger partial charge is 0.313 e. The Balaban J connectivity index is 1.49. The van der Waals surface area contributed by atoms with Crippen molar-refractivity contribution < 1.29 is 22.9 Å². The number of amides is 2. The number of hydrogen-bond acceptors (Lipinski definition) is 7. The van der Waals surface area contributed by atoms with Crippen molar-refractivity contribution in [2.24, 2.45) is 5.92 Å². The monoisotopic (exact) mass is 447 g/mol. The maximum absolute atomic E-state index is 12.6. The van der Waals surface area contributed by atoms with Crippen LogP contribution in [0.15, 0.2) is 53.7 Å². The zero-order chi connectivity index (χ0) is 22.4. The summed E-state index contributed by atoms with van der Waals surface area (Å²) < 4.78 is 26.6. The Morgan fingerprint density at radius 1 is 1.13 bits per heavy atom. The van der Waals surface area contributed by atoms with Crippen LogP contribution in [0.4, 0.5) is 11.4 Å². The molecule has 3 rings (SSSR count). The molecule has 164 valence electrons. The number of nitrogens with zero attached hydrogens (tertiary/aromatic N) is 3. The molecule has 11 nitrogen and oxygen atoms in total. The second-order valence-corrected chi connectivity index (χ2v) is 8.91. The van der Waals surface area contributed by atoms with Gasteiger partial charge in [-0.2, -0.15) is 4.31 Å². The lowest BCUT2D eigenvalue weighted by Crippen LogP contribution is -2.43. The number of benzene rings is 1. The topological polar surface area (TPSA) is 152 Å². The number of nitro groups is 1. The average Bonchev–Trinajstić information content (AvgIpc) is 2.78. The molecule has 12 heteroatoms. The molecule has 1 aromatic heterocycles. The quantitative estimate of drug-likeness (QED) is 0.383. The van der Waals surface area contributed by atoms with Crippen LogP contribution in [-0.4, -0.2) is 54.1 Å². The summed E-state index contributed by atoms with van der Waals surface area (Å²) in [6, 6.07) is 8.57. The van der Waals surface area contributed by atoms with Crippen LogP contribution in [0.1, 0.15) is 12.8 Å². The summed E-state index contributed by atoms with van der Waals surface area (Å²) in [5.74, 6) is -1.92. The number of carbonyl (C=O) groups excluding carboxylic acids is 2. The molecule has 31 heavy (non-hydrogen) atoms. The minimum absolute atomic E-state index is 0.00293. The van der Waals surface area contributed by atoms with E-state index in [2.05, 4.69) is 15.6 Å². The molecule has 0 unspecified atom stereocenters. The molecule has 1 aliphatic rings. The minimum Gasteiger partial charge on any atom is -0.348 e. The molecule has 2 aromatic rings. The summed E-state index contributed by atoms with van der Waals surface area (Å²) in [6.45, 7) is 0.782. The molecule has 0 bridgehead atoms. The number of sulfonamides is 1. The van der Waals surface area contributed by atoms with Crippen LogP contribution in [0.3, 0.4) is 0 Å². The van der Waals surface area contributed by atoms with Crippen molar-refractivity contribution >= 4 is 33.2 Å². The zero-order valence-corrected chi connectivity index (χ0v) is 17.2. The number of carbonyl (C=O) groups is 2. The van der Waals surface area contributed by atoms with E-state index in [9.17, 15) is 28.1 Å². The molecule has 0 aliphatic carbocycles. The predicted octanol–water partition coefficient (Wildman–Crippen LogP) is 1.15. The maximum atomic E-state index is 12.6. The van der Waals surface area contributed by atoms with E-state index < -0.39 is 26.8 Å². The number of para-hydroxylation sites is 2. The Morgan fingerprint density at radius 2 is 1.84 bits per heavy atom. The molecule has 1 saturated heterocycles. The molecule has 2 amide bonds. The van der Waals surface area contributed by atoms with E-state index in [0.29, 0.717) is 25.9 Å². The van der Waals surface area contributed by atoms with Crippen molar-refractivity contribution in [3.05, 3.63) is 58.9 Å². The highest BCUT2D eigenvalue weighted by Crippen LogP contribution is 2.24. The molecule has 2 N–H and O–H groups in total. The Labute approximate surface area is 178 Å². The molecule has 2 heterocycles. The maximum Gasteiger partial charge on any atom is 0.313 e. The Hall–Kier alpha value is -3.38. The molecular formula is C19H21N5O6S. The average molecular weight is 447 g/mol. The van der Waals surface area contributed by atoms with E-state index in [-0.39, 0.29) is 28.7 Å². The number of rotatable bonds is 6. The van der Waals surface area contributed by atoms with E-state index in [0.717, 1.165) is 0 Å². The van der Waals surface area contributed by atoms with Gasteiger partial charge in [0.2, 0.25) is 10.0 Å². The van der Waals surface area contributed by atoms with Gasteiger partial charge in [-0.05, 0) is 37.0 Å². The zero-order valence-electron chi connectivity index (χ0n) is 16.4. The van der Waals surface area contributed by atoms with E-state index in [1.54, 1.807) is 6.07 Å². The first-order chi connectivity index (χ1) is 14.8. The van der Waals surface area contributed by atoms with Gasteiger partial charge < -0.3 is 10.6 Å². The lowest BCUT2D eigenvalue weighted by atomic mass is 9.98. The first-order valence-corrected chi connectivity index (χ1v) is 11.0. The number of piperidine rings is 1. The standard InChI is InChI=1S/C19H21N5O6S/c25-18(19(26)22-16-5-1-2-6-17(16)24(27)28)21-12-14-7-10-23(11-8-14)31(29,30)15-4-3-9-20-13-15/h1-6,9,13-14H,7-8,10-12H2,(H,21,25)(H,22,26). The number of nitro benzene ring substituents is 1. The van der Waals surface area contributed by atoms with Gasteiger partial charge in [-0.1, -0.05) is 12.1 Å². The van der Waals surface area contributed by atoms with Gasteiger partial charge >= 0.3 is 11.8 Å². The van der Waals surface area contributed by atoms with Gasteiger partial charge in [-0.15, -0.1) is 0 Å². The fraction of sp³-hybridized carbons (Fsp3) is 0.316. The third kappa shape index (κ3) is 5.41. The fourth-order valence-corrected chi connectivity index (χ4v) is 4.67. The van der Waals surface area contributed by atoms with E-state index in [4.69, 9.17) is 0 Å². The van der Waals surface area contributed by atoms with Gasteiger partial charge in [-0.25, -0.2) is 8.42 Å². The summed E-state index contributed by atoms with van der Waals surface area (Å²) >= 11 is 0. The molecular weight excluding hydrogens is 426 g/mol. The Kier molecular flexibility index (Phi) is 6.92. The Bertz CT molecular complexity index is 1070. The van der Waals surface area contributed by atoms with Crippen LogP contribution >= 0.6 is 0 Å². The molecule has 1 fully saturated rings. The largest absolute Gasteiger partial charge is 0.348 e. The van der Waals surface area contributed by atoms with Crippen molar-refractivity contribution in [2.75, 3.05) is 25.0 Å². The van der Waals surface area contributed by atoms with Gasteiger partial charge in [0.1, 0.15) is 10.6 Å². The Morgan fingerprint density at radius 3 is 2.48 bits per heavy atom. The molecule has 0 saturated carbocycles. The number of pyridine rings is 1. The molecule has 1 aliphatic heterocycles. The highest BCUT2D eigenvalue weighted by Gasteiger charge is 2.30. The summed E-state index contributed by atoms with van der Waals surface area (Å²) in [7, 11) is -3.61. The van der Waals surface area contributed by atoms with Gasteiger partial charge in [0.05, 0.1) is 4.92 Å². The SMILES string of the molecule is O=C(NCC1CCN(S(=O)(=O)c2cccnc2)CC1)C(=O)Nc1ccccc1[N+](=O)[O-]. The summed E-state index contributed by atoms with van der Waals surface area (Å²) in [5.41, 5.74) is -0.382. The summed E-state index contributed by atoms with van der Waals surface area (Å²) in [6.07, 6.45) is 3.84. The van der Waals surface area contributed by atoms with Gasteiger partial charge in [-0.3, -0.25) is 24.7 Å². The van der Waals surface area contributed by atoms with Crippen molar-refractivity contribution in [3.8, 4) is 0 Å². The molecule has 0 radical (unpaired) electrons. The third-order valence-corrected chi connectivity index (χ3v) is 6.83. The van der Waals surface area contributed by atoms with Crippen LogP contribution in [-0.2, 0) is 19.6 Å². The van der Waals surface area contributed by atoms with Crippen LogP contribution in [0.5, 0.6) is 0 Å². The lowest BCUT2D eigenvalue weighted by Gasteiger charge is -2.31. The first-order valence-electron chi connectivity index (χ1n) is 9.52. The number of hydrogen-bond donors (Lipinski definition) is 2. The van der Waals surface area contributed by atoms with Crippen LogP contribution in [0.25, 0.3) is 0 Å². The normalized spacial score (nSPS) is 15.2. The van der Waals surface area contributed by atoms with E-state index >= 15 is 0 Å². The van der Waals surface area contributed by atoms with Gasteiger partial charge in [0.25, 0.3) is 5.69 Å². The predicted molar refractivity (Wildman–Crippen MR) is 110 cm³/mol.